The number of aromatic nitrogens is 2. The van der Waals surface area contributed by atoms with E-state index < -0.39 is 0 Å². The van der Waals surface area contributed by atoms with Crippen LogP contribution in [-0.4, -0.2) is 28.5 Å². The first-order valence-corrected chi connectivity index (χ1v) is 10.5. The Morgan fingerprint density at radius 1 is 0.968 bits per heavy atom. The minimum Gasteiger partial charge on any atom is -0.341 e. The molecule has 0 aliphatic rings. The third-order valence-corrected chi connectivity index (χ3v) is 5.15. The van der Waals surface area contributed by atoms with E-state index in [-0.39, 0.29) is 17.5 Å². The van der Waals surface area contributed by atoms with Crippen LogP contribution in [0.1, 0.15) is 25.7 Å². The van der Waals surface area contributed by atoms with E-state index in [1.54, 1.807) is 41.9 Å². The molecule has 0 aliphatic heterocycles. The zero-order chi connectivity index (χ0) is 22.2. The number of unbranched alkanes of at least 4 members (excludes halogenated alkanes) is 2. The minimum absolute atomic E-state index is 0.0767. The number of benzene rings is 2. The summed E-state index contributed by atoms with van der Waals surface area (Å²) in [5.74, 6) is -0.0767. The molecule has 3 aromatic rings. The van der Waals surface area contributed by atoms with Crippen LogP contribution in [0.15, 0.2) is 53.3 Å². The highest BCUT2D eigenvalue weighted by Gasteiger charge is 2.06. The van der Waals surface area contributed by atoms with Gasteiger partial charge in [-0.3, -0.25) is 14.2 Å². The van der Waals surface area contributed by atoms with Crippen molar-refractivity contribution < 1.29 is 9.59 Å². The van der Waals surface area contributed by atoms with E-state index in [9.17, 15) is 14.4 Å². The van der Waals surface area contributed by atoms with Gasteiger partial charge in [0, 0.05) is 31.4 Å². The molecule has 0 saturated heterocycles. The zero-order valence-electron chi connectivity index (χ0n) is 17.2. The number of urea groups is 1. The number of H-pyrrole nitrogens is 1. The number of nitrogens with one attached hydrogen (secondary N) is 4. The summed E-state index contributed by atoms with van der Waals surface area (Å²) in [7, 11) is 1.54. The quantitative estimate of drug-likeness (QED) is 0.314. The standard InChI is InChI=1S/C22H25N5O3S/c1-23-21(30)25-16-12-10-15(11-13-16)24-19(28)9-3-2-6-14-27-20(29)17-7-4-5-8-18(17)26-22(27)31/h4-5,7-8,10-13H,2-3,6,9,14H2,1H3,(H,24,28)(H,26,31)(H2,23,25,30). The van der Waals surface area contributed by atoms with E-state index in [1.807, 2.05) is 18.2 Å². The highest BCUT2D eigenvalue weighted by atomic mass is 32.1. The smallest absolute Gasteiger partial charge is 0.318 e. The molecule has 2 aromatic carbocycles. The van der Waals surface area contributed by atoms with Crippen LogP contribution in [0.25, 0.3) is 10.9 Å². The summed E-state index contributed by atoms with van der Waals surface area (Å²) in [6, 6.07) is 13.9. The van der Waals surface area contributed by atoms with E-state index >= 15 is 0 Å². The average Bonchev–Trinajstić information content (AvgIpc) is 2.76. The van der Waals surface area contributed by atoms with Crippen LogP contribution in [0.4, 0.5) is 16.2 Å². The van der Waals surface area contributed by atoms with Crippen molar-refractivity contribution in [2.75, 3.05) is 17.7 Å². The second-order valence-corrected chi connectivity index (χ2v) is 7.46. The second kappa shape index (κ2) is 10.5. The summed E-state index contributed by atoms with van der Waals surface area (Å²) in [5.41, 5.74) is 1.95. The summed E-state index contributed by atoms with van der Waals surface area (Å²) < 4.78 is 1.99. The molecule has 1 aromatic heterocycles. The van der Waals surface area contributed by atoms with Gasteiger partial charge in [0.25, 0.3) is 5.56 Å². The third-order valence-electron chi connectivity index (χ3n) is 4.83. The fourth-order valence-electron chi connectivity index (χ4n) is 3.19. The van der Waals surface area contributed by atoms with Gasteiger partial charge in [-0.25, -0.2) is 4.79 Å². The van der Waals surface area contributed by atoms with Gasteiger partial charge in [0.05, 0.1) is 10.9 Å². The predicted molar refractivity (Wildman–Crippen MR) is 125 cm³/mol. The molecule has 0 spiro atoms. The molecular formula is C22H25N5O3S. The lowest BCUT2D eigenvalue weighted by molar-refractivity contribution is -0.116. The first kappa shape index (κ1) is 22.2. The summed E-state index contributed by atoms with van der Waals surface area (Å²) in [6.45, 7) is 0.514. The van der Waals surface area contributed by atoms with Gasteiger partial charge in [0.2, 0.25) is 5.91 Å². The lowest BCUT2D eigenvalue weighted by Gasteiger charge is -2.09. The van der Waals surface area contributed by atoms with Gasteiger partial charge < -0.3 is 20.9 Å². The summed E-state index contributed by atoms with van der Waals surface area (Å²) in [4.78, 5) is 39.1. The number of hydrogen-bond acceptors (Lipinski definition) is 4. The van der Waals surface area contributed by atoms with Gasteiger partial charge in [-0.1, -0.05) is 18.6 Å². The molecule has 0 saturated carbocycles. The van der Waals surface area contributed by atoms with Crippen molar-refractivity contribution in [3.8, 4) is 0 Å². The molecule has 8 nitrogen and oxygen atoms in total. The Bertz CT molecular complexity index is 1180. The molecular weight excluding hydrogens is 414 g/mol. The molecule has 3 rings (SSSR count). The number of aromatic amines is 1. The van der Waals surface area contributed by atoms with Crippen molar-refractivity contribution in [1.29, 1.82) is 0 Å². The maximum absolute atomic E-state index is 12.6. The van der Waals surface area contributed by atoms with Crippen LogP contribution < -0.4 is 21.5 Å². The van der Waals surface area contributed by atoms with Crippen molar-refractivity contribution >= 4 is 46.4 Å². The highest BCUT2D eigenvalue weighted by Crippen LogP contribution is 2.14. The molecule has 0 fully saturated rings. The van der Waals surface area contributed by atoms with Gasteiger partial charge >= 0.3 is 6.03 Å². The molecule has 31 heavy (non-hydrogen) atoms. The molecule has 0 aliphatic carbocycles. The summed E-state index contributed by atoms with van der Waals surface area (Å²) in [5, 5.41) is 8.58. The molecule has 1 heterocycles. The fraction of sp³-hybridized carbons (Fsp3) is 0.273. The third kappa shape index (κ3) is 6.02. The number of carbonyl (C=O) groups is 2. The normalized spacial score (nSPS) is 10.6. The fourth-order valence-corrected chi connectivity index (χ4v) is 3.47. The average molecular weight is 440 g/mol. The Morgan fingerprint density at radius 3 is 2.35 bits per heavy atom. The lowest BCUT2D eigenvalue weighted by Crippen LogP contribution is -2.24. The molecule has 0 atom stereocenters. The second-order valence-electron chi connectivity index (χ2n) is 7.07. The van der Waals surface area contributed by atoms with E-state index in [0.717, 1.165) is 18.4 Å². The van der Waals surface area contributed by atoms with Crippen molar-refractivity contribution in [2.45, 2.75) is 32.2 Å². The van der Waals surface area contributed by atoms with Gasteiger partial charge in [-0.15, -0.1) is 0 Å². The molecule has 0 unspecified atom stereocenters. The number of nitrogens with zero attached hydrogens (tertiary/aromatic N) is 1. The Labute approximate surface area is 184 Å². The number of amides is 3. The Hall–Kier alpha value is -3.46. The number of fused-ring (bicyclic) bond motifs is 1. The maximum Gasteiger partial charge on any atom is 0.318 e. The van der Waals surface area contributed by atoms with Crippen molar-refractivity contribution in [3.05, 3.63) is 63.7 Å². The SMILES string of the molecule is CNC(=O)Nc1ccc(NC(=O)CCCCCn2c(=S)[nH]c3ccccc3c2=O)cc1. The molecule has 9 heteroatoms. The van der Waals surface area contributed by atoms with Crippen LogP contribution in [0.5, 0.6) is 0 Å². The molecule has 0 bridgehead atoms. The van der Waals surface area contributed by atoms with Crippen molar-refractivity contribution in [1.82, 2.24) is 14.9 Å². The molecule has 0 radical (unpaired) electrons. The van der Waals surface area contributed by atoms with Gasteiger partial charge in [-0.05, 0) is 61.5 Å². The molecule has 162 valence electrons. The number of para-hydroxylation sites is 1. The maximum atomic E-state index is 12.6. The first-order valence-electron chi connectivity index (χ1n) is 10.1. The van der Waals surface area contributed by atoms with E-state index in [1.165, 1.54) is 0 Å². The Balaban J connectivity index is 1.43. The van der Waals surface area contributed by atoms with Crippen LogP contribution in [0, 0.1) is 4.77 Å². The number of hydrogen-bond donors (Lipinski definition) is 4. The topological polar surface area (TPSA) is 108 Å². The van der Waals surface area contributed by atoms with Crippen LogP contribution in [-0.2, 0) is 11.3 Å². The van der Waals surface area contributed by atoms with Crippen LogP contribution in [0.3, 0.4) is 0 Å². The van der Waals surface area contributed by atoms with Crippen LogP contribution >= 0.6 is 12.2 Å². The molecule has 3 amide bonds. The highest BCUT2D eigenvalue weighted by molar-refractivity contribution is 7.71. The van der Waals surface area contributed by atoms with Crippen LogP contribution in [0.2, 0.25) is 0 Å². The predicted octanol–water partition coefficient (Wildman–Crippen LogP) is 4.01. The monoisotopic (exact) mass is 439 g/mol. The van der Waals surface area contributed by atoms with Crippen molar-refractivity contribution in [2.24, 2.45) is 0 Å². The van der Waals surface area contributed by atoms with Gasteiger partial charge in [0.1, 0.15) is 0 Å². The lowest BCUT2D eigenvalue weighted by atomic mass is 10.1. The molecule has 4 N–H and O–H groups in total. The first-order chi connectivity index (χ1) is 15.0. The summed E-state index contributed by atoms with van der Waals surface area (Å²) >= 11 is 5.32. The number of rotatable bonds is 8. The zero-order valence-corrected chi connectivity index (χ0v) is 18.1. The van der Waals surface area contributed by atoms with Gasteiger partial charge in [-0.2, -0.15) is 0 Å². The van der Waals surface area contributed by atoms with Crippen molar-refractivity contribution in [3.63, 3.8) is 0 Å². The van der Waals surface area contributed by atoms with E-state index in [4.69, 9.17) is 12.2 Å². The number of anilines is 2. The largest absolute Gasteiger partial charge is 0.341 e. The minimum atomic E-state index is -0.302. The van der Waals surface area contributed by atoms with E-state index in [0.29, 0.717) is 40.9 Å². The van der Waals surface area contributed by atoms with E-state index in [2.05, 4.69) is 20.9 Å². The Kier molecular flexibility index (Phi) is 7.55. The van der Waals surface area contributed by atoms with Gasteiger partial charge in [0.15, 0.2) is 4.77 Å². The Morgan fingerprint density at radius 2 is 1.65 bits per heavy atom. The summed E-state index contributed by atoms with van der Waals surface area (Å²) in [6.07, 6.45) is 2.65. The number of carbonyl (C=O) groups excluding carboxylic acids is 2.